The van der Waals surface area contributed by atoms with Crippen molar-refractivity contribution in [3.05, 3.63) is 35.9 Å². The first-order valence-corrected chi connectivity index (χ1v) is 8.79. The lowest BCUT2D eigenvalue weighted by molar-refractivity contribution is -0.147. The number of rotatable bonds is 3. The van der Waals surface area contributed by atoms with Crippen molar-refractivity contribution in [2.75, 3.05) is 26.2 Å². The Labute approximate surface area is 143 Å². The molecular weight excluding hydrogens is 304 g/mol. The monoisotopic (exact) mass is 330 g/mol. The molecule has 1 aromatic carbocycles. The molecule has 130 valence electrons. The van der Waals surface area contributed by atoms with Gasteiger partial charge in [0.2, 0.25) is 0 Å². The van der Waals surface area contributed by atoms with E-state index in [9.17, 15) is 14.7 Å². The molecule has 2 saturated heterocycles. The summed E-state index contributed by atoms with van der Waals surface area (Å²) >= 11 is 0. The minimum Gasteiger partial charge on any atom is -0.481 e. The van der Waals surface area contributed by atoms with Crippen molar-refractivity contribution in [3.63, 3.8) is 0 Å². The van der Waals surface area contributed by atoms with Crippen LogP contribution in [0.1, 0.15) is 31.7 Å². The summed E-state index contributed by atoms with van der Waals surface area (Å²) in [4.78, 5) is 27.6. The number of carboxylic acids is 1. The molecule has 2 aliphatic rings. The molecule has 3 rings (SSSR count). The average molecular weight is 330 g/mol. The number of hydrogen-bond donors (Lipinski definition) is 1. The fourth-order valence-electron chi connectivity index (χ4n) is 3.77. The number of urea groups is 1. The van der Waals surface area contributed by atoms with E-state index < -0.39 is 11.4 Å². The third-order valence-electron chi connectivity index (χ3n) is 5.51. The SMILES string of the molecule is CC1(C(=O)O)CCN(C(=O)N2CCC(Cc3ccccc3)CC2)C1. The topological polar surface area (TPSA) is 60.9 Å². The fraction of sp³-hybridized carbons (Fsp3) is 0.579. The van der Waals surface area contributed by atoms with Crippen LogP contribution in [0.4, 0.5) is 4.79 Å². The van der Waals surface area contributed by atoms with Crippen LogP contribution in [0.25, 0.3) is 0 Å². The van der Waals surface area contributed by atoms with Crippen LogP contribution in [0.5, 0.6) is 0 Å². The van der Waals surface area contributed by atoms with Crippen molar-refractivity contribution in [1.82, 2.24) is 9.80 Å². The second-order valence-electron chi connectivity index (χ2n) is 7.44. The Balaban J connectivity index is 1.50. The zero-order valence-electron chi connectivity index (χ0n) is 14.3. The Kier molecular flexibility index (Phi) is 4.78. The Bertz CT molecular complexity index is 596. The van der Waals surface area contributed by atoms with Gasteiger partial charge in [-0.2, -0.15) is 0 Å². The van der Waals surface area contributed by atoms with Crippen molar-refractivity contribution in [1.29, 1.82) is 0 Å². The molecule has 0 spiro atoms. The first-order chi connectivity index (χ1) is 11.5. The second kappa shape index (κ2) is 6.83. The van der Waals surface area contributed by atoms with Gasteiger partial charge < -0.3 is 14.9 Å². The van der Waals surface area contributed by atoms with Crippen LogP contribution in [-0.2, 0) is 11.2 Å². The van der Waals surface area contributed by atoms with Crippen molar-refractivity contribution < 1.29 is 14.7 Å². The largest absolute Gasteiger partial charge is 0.481 e. The van der Waals surface area contributed by atoms with Gasteiger partial charge in [0, 0.05) is 26.2 Å². The zero-order valence-corrected chi connectivity index (χ0v) is 14.3. The van der Waals surface area contributed by atoms with Gasteiger partial charge in [-0.3, -0.25) is 4.79 Å². The molecule has 5 heteroatoms. The van der Waals surface area contributed by atoms with Gasteiger partial charge in [-0.25, -0.2) is 4.79 Å². The van der Waals surface area contributed by atoms with Crippen LogP contribution < -0.4 is 0 Å². The molecule has 1 N–H and O–H groups in total. The molecule has 1 atom stereocenters. The summed E-state index contributed by atoms with van der Waals surface area (Å²) < 4.78 is 0. The molecule has 2 fully saturated rings. The number of piperidine rings is 1. The quantitative estimate of drug-likeness (QED) is 0.927. The summed E-state index contributed by atoms with van der Waals surface area (Å²) in [6.07, 6.45) is 3.65. The summed E-state index contributed by atoms with van der Waals surface area (Å²) in [5.41, 5.74) is 0.570. The Hall–Kier alpha value is -2.04. The minimum absolute atomic E-state index is 0.0122. The van der Waals surface area contributed by atoms with Gasteiger partial charge in [0.05, 0.1) is 5.41 Å². The predicted octanol–water partition coefficient (Wildman–Crippen LogP) is 2.86. The van der Waals surface area contributed by atoms with Gasteiger partial charge in [-0.1, -0.05) is 30.3 Å². The number of hydrogen-bond acceptors (Lipinski definition) is 2. The number of nitrogens with zero attached hydrogens (tertiary/aromatic N) is 2. The second-order valence-corrected chi connectivity index (χ2v) is 7.44. The molecule has 2 aliphatic heterocycles. The third kappa shape index (κ3) is 3.55. The van der Waals surface area contributed by atoms with Gasteiger partial charge in [-0.15, -0.1) is 0 Å². The van der Waals surface area contributed by atoms with Crippen LogP contribution in [-0.4, -0.2) is 53.1 Å². The summed E-state index contributed by atoms with van der Waals surface area (Å²) in [6.45, 7) is 4.15. The maximum absolute atomic E-state index is 12.6. The highest BCUT2D eigenvalue weighted by molar-refractivity contribution is 5.79. The highest BCUT2D eigenvalue weighted by atomic mass is 16.4. The van der Waals surface area contributed by atoms with Crippen LogP contribution in [0.3, 0.4) is 0 Å². The lowest BCUT2D eigenvalue weighted by Crippen LogP contribution is -2.47. The molecule has 0 bridgehead atoms. The molecule has 2 amide bonds. The fourth-order valence-corrected chi connectivity index (χ4v) is 3.77. The normalized spacial score (nSPS) is 25.0. The van der Waals surface area contributed by atoms with Gasteiger partial charge in [-0.05, 0) is 44.1 Å². The van der Waals surface area contributed by atoms with E-state index in [2.05, 4.69) is 24.3 Å². The molecule has 0 aliphatic carbocycles. The van der Waals surface area contributed by atoms with E-state index in [1.807, 2.05) is 11.0 Å². The van der Waals surface area contributed by atoms with Gasteiger partial charge in [0.1, 0.15) is 0 Å². The summed E-state index contributed by atoms with van der Waals surface area (Å²) in [5.74, 6) is -0.182. The summed E-state index contributed by atoms with van der Waals surface area (Å²) in [6, 6.07) is 10.5. The van der Waals surface area contributed by atoms with Crippen molar-refractivity contribution in [3.8, 4) is 0 Å². The molecule has 24 heavy (non-hydrogen) atoms. The van der Waals surface area contributed by atoms with Crippen LogP contribution in [0.2, 0.25) is 0 Å². The zero-order chi connectivity index (χ0) is 17.2. The molecule has 0 radical (unpaired) electrons. The maximum Gasteiger partial charge on any atom is 0.320 e. The minimum atomic E-state index is -0.806. The molecular formula is C19H26N2O3. The smallest absolute Gasteiger partial charge is 0.320 e. The number of aliphatic carboxylic acids is 1. The first-order valence-electron chi connectivity index (χ1n) is 8.79. The van der Waals surface area contributed by atoms with Gasteiger partial charge in [0.15, 0.2) is 0 Å². The van der Waals surface area contributed by atoms with Gasteiger partial charge in [0.25, 0.3) is 0 Å². The average Bonchev–Trinajstić information content (AvgIpc) is 3.00. The molecule has 5 nitrogen and oxygen atoms in total. The highest BCUT2D eigenvalue weighted by Crippen LogP contribution is 2.31. The first kappa shape index (κ1) is 16.8. The van der Waals surface area contributed by atoms with E-state index in [1.54, 1.807) is 11.8 Å². The summed E-state index contributed by atoms with van der Waals surface area (Å²) in [7, 11) is 0. The van der Waals surface area contributed by atoms with E-state index in [-0.39, 0.29) is 6.03 Å². The van der Waals surface area contributed by atoms with E-state index >= 15 is 0 Å². The molecule has 2 heterocycles. The number of amides is 2. The van der Waals surface area contributed by atoms with E-state index in [1.165, 1.54) is 5.56 Å². The number of carbonyl (C=O) groups is 2. The van der Waals surface area contributed by atoms with E-state index in [4.69, 9.17) is 0 Å². The Morgan fingerprint density at radius 1 is 1.12 bits per heavy atom. The Morgan fingerprint density at radius 3 is 2.38 bits per heavy atom. The lowest BCUT2D eigenvalue weighted by Gasteiger charge is -2.35. The van der Waals surface area contributed by atoms with Crippen molar-refractivity contribution in [2.45, 2.75) is 32.6 Å². The third-order valence-corrected chi connectivity index (χ3v) is 5.51. The van der Waals surface area contributed by atoms with Crippen LogP contribution >= 0.6 is 0 Å². The number of benzene rings is 1. The standard InChI is InChI=1S/C19H26N2O3/c1-19(17(22)23)9-12-21(14-19)18(24)20-10-7-16(8-11-20)13-15-5-3-2-4-6-15/h2-6,16H,7-14H2,1H3,(H,22,23). The highest BCUT2D eigenvalue weighted by Gasteiger charge is 2.43. The Morgan fingerprint density at radius 2 is 1.79 bits per heavy atom. The molecule has 0 saturated carbocycles. The number of carboxylic acid groups (broad SMARTS) is 1. The van der Waals surface area contributed by atoms with Crippen molar-refractivity contribution >= 4 is 12.0 Å². The lowest BCUT2D eigenvalue weighted by atomic mass is 9.90. The van der Waals surface area contributed by atoms with E-state index in [0.717, 1.165) is 32.4 Å². The molecule has 1 unspecified atom stereocenters. The van der Waals surface area contributed by atoms with Gasteiger partial charge >= 0.3 is 12.0 Å². The number of carbonyl (C=O) groups excluding carboxylic acids is 1. The van der Waals surface area contributed by atoms with Crippen molar-refractivity contribution in [2.24, 2.45) is 11.3 Å². The van der Waals surface area contributed by atoms with Crippen LogP contribution in [0.15, 0.2) is 30.3 Å². The molecule has 1 aromatic rings. The molecule has 0 aromatic heterocycles. The maximum atomic E-state index is 12.6. The van der Waals surface area contributed by atoms with Crippen LogP contribution in [0, 0.1) is 11.3 Å². The predicted molar refractivity (Wildman–Crippen MR) is 91.8 cm³/mol. The number of likely N-dealkylation sites (tertiary alicyclic amines) is 2. The summed E-state index contributed by atoms with van der Waals surface area (Å²) in [5, 5.41) is 9.31. The van der Waals surface area contributed by atoms with E-state index in [0.29, 0.717) is 25.4 Å².